The minimum atomic E-state index is -0.722. The van der Waals surface area contributed by atoms with Crippen LogP contribution in [-0.4, -0.2) is 28.9 Å². The smallest absolute Gasteiger partial charge is 0.320 e. The lowest BCUT2D eigenvalue weighted by molar-refractivity contribution is -0.139. The number of carboxylic acids is 1. The minimum absolute atomic E-state index is 0.355. The number of hydrogen-bond donors (Lipinski definition) is 2. The zero-order chi connectivity index (χ0) is 15.4. The molecule has 3 rings (SSSR count). The van der Waals surface area contributed by atoms with E-state index >= 15 is 0 Å². The average Bonchev–Trinajstić information content (AvgIpc) is 3.04. The second kappa shape index (κ2) is 7.51. The van der Waals surface area contributed by atoms with Crippen molar-refractivity contribution in [2.24, 2.45) is 0 Å². The van der Waals surface area contributed by atoms with Gasteiger partial charge in [-0.1, -0.05) is 43.5 Å². The van der Waals surface area contributed by atoms with Crippen LogP contribution in [0.4, 0.5) is 0 Å². The topological polar surface area (TPSA) is 49.3 Å². The van der Waals surface area contributed by atoms with E-state index in [1.165, 1.54) is 43.2 Å². The molecule has 0 amide bonds. The predicted molar refractivity (Wildman–Crippen MR) is 91.4 cm³/mol. The summed E-state index contributed by atoms with van der Waals surface area (Å²) in [5.74, 6) is 1.02. The summed E-state index contributed by atoms with van der Waals surface area (Å²) in [6, 6.07) is 8.77. The molecular formula is C18H25NO2S. The van der Waals surface area contributed by atoms with Crippen LogP contribution in [0.3, 0.4) is 0 Å². The van der Waals surface area contributed by atoms with Crippen molar-refractivity contribution in [3.05, 3.63) is 35.4 Å². The second-order valence-electron chi connectivity index (χ2n) is 6.54. The largest absolute Gasteiger partial charge is 0.480 e. The number of benzene rings is 1. The van der Waals surface area contributed by atoms with Gasteiger partial charge in [0.1, 0.15) is 6.04 Å². The summed E-state index contributed by atoms with van der Waals surface area (Å²) in [6.07, 6.45) is 7.58. The molecule has 4 heteroatoms. The van der Waals surface area contributed by atoms with Crippen molar-refractivity contribution in [1.29, 1.82) is 0 Å². The van der Waals surface area contributed by atoms with Gasteiger partial charge in [0.25, 0.3) is 0 Å². The van der Waals surface area contributed by atoms with Crippen molar-refractivity contribution in [1.82, 2.24) is 5.32 Å². The van der Waals surface area contributed by atoms with Gasteiger partial charge in [-0.15, -0.1) is 0 Å². The molecule has 1 heterocycles. The van der Waals surface area contributed by atoms with E-state index in [-0.39, 0.29) is 6.04 Å². The van der Waals surface area contributed by atoms with Gasteiger partial charge in [0.2, 0.25) is 0 Å². The normalized spacial score (nSPS) is 26.2. The van der Waals surface area contributed by atoms with Crippen molar-refractivity contribution in [2.75, 3.05) is 6.54 Å². The fraction of sp³-hybridized carbons (Fsp3) is 0.611. The van der Waals surface area contributed by atoms with Crippen LogP contribution in [0.5, 0.6) is 0 Å². The molecule has 2 N–H and O–H groups in total. The third kappa shape index (κ3) is 4.05. The highest BCUT2D eigenvalue weighted by Gasteiger charge is 2.29. The van der Waals surface area contributed by atoms with Crippen LogP contribution in [0.2, 0.25) is 0 Å². The van der Waals surface area contributed by atoms with Crippen LogP contribution in [0, 0.1) is 0 Å². The van der Waals surface area contributed by atoms with Crippen LogP contribution in [0.25, 0.3) is 0 Å². The van der Waals surface area contributed by atoms with Crippen molar-refractivity contribution < 1.29 is 9.90 Å². The molecule has 0 radical (unpaired) electrons. The summed E-state index contributed by atoms with van der Waals surface area (Å²) in [4.78, 5) is 10.9. The van der Waals surface area contributed by atoms with Crippen LogP contribution in [-0.2, 0) is 10.5 Å². The number of carbonyl (C=O) groups is 1. The number of thioether (sulfide) groups is 1. The van der Waals surface area contributed by atoms with Crippen molar-refractivity contribution >= 4 is 17.7 Å². The van der Waals surface area contributed by atoms with Gasteiger partial charge in [0.05, 0.1) is 0 Å². The molecule has 1 aliphatic carbocycles. The van der Waals surface area contributed by atoms with Crippen molar-refractivity contribution in [3.8, 4) is 0 Å². The van der Waals surface area contributed by atoms with Gasteiger partial charge >= 0.3 is 5.97 Å². The standard InChI is InChI=1S/C18H25NO2S/c20-18(21)17-10-16(11-19-17)22-12-13-6-8-15(9-7-13)14-4-2-1-3-5-14/h6-9,14,16-17,19H,1-5,10-12H2,(H,20,21)/t16-,17-/m0/s1. The second-order valence-corrected chi connectivity index (χ2v) is 7.83. The monoisotopic (exact) mass is 319 g/mol. The summed E-state index contributed by atoms with van der Waals surface area (Å²) in [6.45, 7) is 0.807. The molecule has 0 spiro atoms. The third-order valence-corrected chi connectivity index (χ3v) is 6.26. The van der Waals surface area contributed by atoms with Gasteiger partial charge in [0, 0.05) is 17.5 Å². The molecule has 1 saturated carbocycles. The Morgan fingerprint density at radius 3 is 2.55 bits per heavy atom. The van der Waals surface area contributed by atoms with Crippen molar-refractivity contribution in [3.63, 3.8) is 0 Å². The number of rotatable bonds is 5. The van der Waals surface area contributed by atoms with E-state index in [0.29, 0.717) is 5.25 Å². The quantitative estimate of drug-likeness (QED) is 0.867. The van der Waals surface area contributed by atoms with E-state index in [2.05, 4.69) is 29.6 Å². The number of aliphatic carboxylic acids is 1. The fourth-order valence-corrected chi connectivity index (χ4v) is 4.72. The Labute approximate surface area is 136 Å². The van der Waals surface area contributed by atoms with E-state index in [1.807, 2.05) is 11.8 Å². The molecule has 0 unspecified atom stereocenters. The summed E-state index contributed by atoms with van der Waals surface area (Å²) in [5, 5.41) is 12.5. The lowest BCUT2D eigenvalue weighted by Crippen LogP contribution is -2.29. The molecule has 0 aromatic heterocycles. The maximum atomic E-state index is 10.9. The molecule has 1 saturated heterocycles. The lowest BCUT2D eigenvalue weighted by atomic mass is 9.84. The molecule has 1 aliphatic heterocycles. The van der Waals surface area contributed by atoms with E-state index in [1.54, 1.807) is 0 Å². The summed E-state index contributed by atoms with van der Waals surface area (Å²) in [5.41, 5.74) is 2.85. The lowest BCUT2D eigenvalue weighted by Gasteiger charge is -2.22. The van der Waals surface area contributed by atoms with Gasteiger partial charge < -0.3 is 10.4 Å². The van der Waals surface area contributed by atoms with Crippen LogP contribution in [0.1, 0.15) is 55.6 Å². The first kappa shape index (κ1) is 15.9. The maximum Gasteiger partial charge on any atom is 0.320 e. The maximum absolute atomic E-state index is 10.9. The van der Waals surface area contributed by atoms with Gasteiger partial charge in [-0.2, -0.15) is 11.8 Å². The molecule has 3 nitrogen and oxygen atoms in total. The van der Waals surface area contributed by atoms with E-state index in [9.17, 15) is 4.79 Å². The number of carboxylic acid groups (broad SMARTS) is 1. The van der Waals surface area contributed by atoms with E-state index < -0.39 is 5.97 Å². The molecule has 2 fully saturated rings. The van der Waals surface area contributed by atoms with E-state index in [4.69, 9.17) is 5.11 Å². The molecule has 120 valence electrons. The first-order valence-electron chi connectivity index (χ1n) is 8.39. The first-order valence-corrected chi connectivity index (χ1v) is 9.44. The highest BCUT2D eigenvalue weighted by molar-refractivity contribution is 7.99. The fourth-order valence-electron chi connectivity index (χ4n) is 3.55. The van der Waals surface area contributed by atoms with Crippen molar-refractivity contribution in [2.45, 2.75) is 61.5 Å². The predicted octanol–water partition coefficient (Wildman–Crippen LogP) is 3.78. The molecule has 22 heavy (non-hydrogen) atoms. The summed E-state index contributed by atoms with van der Waals surface area (Å²) < 4.78 is 0. The van der Waals surface area contributed by atoms with Crippen LogP contribution < -0.4 is 5.32 Å². The minimum Gasteiger partial charge on any atom is -0.480 e. The van der Waals surface area contributed by atoms with Gasteiger partial charge in [-0.25, -0.2) is 0 Å². The SMILES string of the molecule is O=C(O)[C@@H]1C[C@H](SCc2ccc(C3CCCCC3)cc2)CN1. The van der Waals surface area contributed by atoms with Gasteiger partial charge in [-0.05, 0) is 36.3 Å². The molecule has 1 aromatic carbocycles. The molecule has 0 bridgehead atoms. The molecular weight excluding hydrogens is 294 g/mol. The average molecular weight is 319 g/mol. The molecule has 1 aromatic rings. The Kier molecular flexibility index (Phi) is 5.42. The van der Waals surface area contributed by atoms with E-state index in [0.717, 1.165) is 24.6 Å². The van der Waals surface area contributed by atoms with Crippen LogP contribution in [0.15, 0.2) is 24.3 Å². The Balaban J connectivity index is 1.48. The Bertz CT molecular complexity index is 496. The van der Waals surface area contributed by atoms with Gasteiger partial charge in [-0.3, -0.25) is 4.79 Å². The highest BCUT2D eigenvalue weighted by Crippen LogP contribution is 2.33. The summed E-state index contributed by atoms with van der Waals surface area (Å²) in [7, 11) is 0. The zero-order valence-corrected chi connectivity index (χ0v) is 13.8. The first-order chi connectivity index (χ1) is 10.7. The Morgan fingerprint density at radius 2 is 1.91 bits per heavy atom. The Hall–Kier alpha value is -1.00. The molecule has 2 atom stereocenters. The van der Waals surface area contributed by atoms with Gasteiger partial charge in [0.15, 0.2) is 0 Å². The summed E-state index contributed by atoms with van der Waals surface area (Å²) >= 11 is 1.87. The number of nitrogens with one attached hydrogen (secondary N) is 1. The zero-order valence-electron chi connectivity index (χ0n) is 13.0. The number of hydrogen-bond acceptors (Lipinski definition) is 3. The highest BCUT2D eigenvalue weighted by atomic mass is 32.2. The molecule has 2 aliphatic rings. The Morgan fingerprint density at radius 1 is 1.18 bits per heavy atom. The third-order valence-electron chi connectivity index (χ3n) is 4.93. The van der Waals surface area contributed by atoms with Crippen LogP contribution >= 0.6 is 11.8 Å².